The minimum atomic E-state index is -0.338. The second-order valence-corrected chi connectivity index (χ2v) is 7.74. The van der Waals surface area contributed by atoms with Crippen molar-refractivity contribution in [2.45, 2.75) is 44.5 Å². The first kappa shape index (κ1) is 19.2. The Hall–Kier alpha value is -2.61. The Morgan fingerprint density at radius 2 is 2.00 bits per heavy atom. The average Bonchev–Trinajstić information content (AvgIpc) is 3.21. The van der Waals surface area contributed by atoms with Gasteiger partial charge in [-0.25, -0.2) is 4.98 Å². The zero-order chi connectivity index (χ0) is 19.6. The molecule has 142 valence electrons. The Morgan fingerprint density at radius 1 is 1.30 bits per heavy atom. The Bertz CT molecular complexity index is 944. The van der Waals surface area contributed by atoms with Crippen molar-refractivity contribution in [1.29, 1.82) is 0 Å². The summed E-state index contributed by atoms with van der Waals surface area (Å²) in [4.78, 5) is 17.0. The molecule has 8 heteroatoms. The zero-order valence-electron chi connectivity index (χ0n) is 16.2. The maximum absolute atomic E-state index is 12.5. The summed E-state index contributed by atoms with van der Waals surface area (Å²) in [6, 6.07) is 8.22. The molecule has 2 heterocycles. The van der Waals surface area contributed by atoms with Gasteiger partial charge in [-0.05, 0) is 32.8 Å². The fourth-order valence-corrected chi connectivity index (χ4v) is 3.44. The van der Waals surface area contributed by atoms with Gasteiger partial charge in [0.2, 0.25) is 11.1 Å². The summed E-state index contributed by atoms with van der Waals surface area (Å²) in [5.41, 5.74) is 4.75. The number of carbonyl (C=O) groups is 1. The number of anilines is 1. The Labute approximate surface area is 163 Å². The van der Waals surface area contributed by atoms with Crippen molar-refractivity contribution in [2.24, 2.45) is 7.05 Å². The average molecular weight is 385 g/mol. The maximum Gasteiger partial charge on any atom is 0.237 e. The molecule has 2 aromatic heterocycles. The van der Waals surface area contributed by atoms with Gasteiger partial charge >= 0.3 is 0 Å². The van der Waals surface area contributed by atoms with Crippen LogP contribution in [0.5, 0.6) is 0 Å². The third kappa shape index (κ3) is 4.21. The lowest BCUT2D eigenvalue weighted by Gasteiger charge is -2.10. The van der Waals surface area contributed by atoms with Gasteiger partial charge in [-0.15, -0.1) is 5.10 Å². The number of benzene rings is 1. The molecule has 27 heavy (non-hydrogen) atoms. The summed E-state index contributed by atoms with van der Waals surface area (Å²) in [5.74, 6) is 0.601. The van der Waals surface area contributed by atoms with E-state index in [1.807, 2.05) is 40.0 Å². The number of nitrogens with zero attached hydrogens (tertiary/aromatic N) is 4. The highest BCUT2D eigenvalue weighted by atomic mass is 32.2. The van der Waals surface area contributed by atoms with Gasteiger partial charge in [0.15, 0.2) is 5.82 Å². The summed E-state index contributed by atoms with van der Waals surface area (Å²) in [6.45, 7) is 7.77. The van der Waals surface area contributed by atoms with Gasteiger partial charge in [-0.3, -0.25) is 14.6 Å². The number of aromatic amines is 1. The second kappa shape index (κ2) is 7.96. The lowest BCUT2D eigenvalue weighted by molar-refractivity contribution is -0.115. The van der Waals surface area contributed by atoms with Crippen LogP contribution in [0.2, 0.25) is 0 Å². The number of carbonyl (C=O) groups excluding carboxylic acids is 1. The quantitative estimate of drug-likeness (QED) is 0.635. The molecule has 1 aromatic carbocycles. The van der Waals surface area contributed by atoms with Crippen LogP contribution in [0.1, 0.15) is 30.8 Å². The standard InChI is InChI=1S/C19H24N6OS/c1-6-14-7-9-15(10-8-14)17-21-19(23-22-17)27-13(4)18(26)20-16-11(2)24-25(5)12(16)3/h7-10,13H,6H2,1-5H3,(H,20,26)(H,21,22,23)/t13-/m0/s1. The van der Waals surface area contributed by atoms with Crippen molar-refractivity contribution >= 4 is 23.4 Å². The van der Waals surface area contributed by atoms with Gasteiger partial charge in [-0.1, -0.05) is 43.0 Å². The fourth-order valence-electron chi connectivity index (χ4n) is 2.72. The molecule has 0 fully saturated rings. The van der Waals surface area contributed by atoms with Gasteiger partial charge in [0, 0.05) is 12.6 Å². The lowest BCUT2D eigenvalue weighted by atomic mass is 10.1. The zero-order valence-corrected chi connectivity index (χ0v) is 17.0. The molecule has 3 rings (SSSR count). The number of thioether (sulfide) groups is 1. The van der Waals surface area contributed by atoms with E-state index in [0.29, 0.717) is 11.0 Å². The van der Waals surface area contributed by atoms with E-state index in [9.17, 15) is 4.79 Å². The molecule has 0 bridgehead atoms. The lowest BCUT2D eigenvalue weighted by Crippen LogP contribution is -2.23. The summed E-state index contributed by atoms with van der Waals surface area (Å²) >= 11 is 1.32. The Morgan fingerprint density at radius 3 is 2.59 bits per heavy atom. The van der Waals surface area contributed by atoms with Gasteiger partial charge in [0.25, 0.3) is 0 Å². The van der Waals surface area contributed by atoms with E-state index < -0.39 is 0 Å². The van der Waals surface area contributed by atoms with Crippen LogP contribution in [0.3, 0.4) is 0 Å². The minimum Gasteiger partial charge on any atom is -0.322 e. The molecular weight excluding hydrogens is 360 g/mol. The molecule has 0 radical (unpaired) electrons. The highest BCUT2D eigenvalue weighted by molar-refractivity contribution is 8.00. The molecule has 0 saturated heterocycles. The molecule has 0 aliphatic carbocycles. The molecular formula is C19H24N6OS. The van der Waals surface area contributed by atoms with E-state index in [1.165, 1.54) is 17.3 Å². The van der Waals surface area contributed by atoms with E-state index in [-0.39, 0.29) is 11.2 Å². The largest absolute Gasteiger partial charge is 0.322 e. The van der Waals surface area contributed by atoms with Gasteiger partial charge in [0.1, 0.15) is 0 Å². The predicted molar refractivity (Wildman–Crippen MR) is 108 cm³/mol. The summed E-state index contributed by atoms with van der Waals surface area (Å²) in [6.07, 6.45) is 1.00. The number of H-pyrrole nitrogens is 1. The summed E-state index contributed by atoms with van der Waals surface area (Å²) in [7, 11) is 1.86. The van der Waals surface area contributed by atoms with Gasteiger partial charge in [-0.2, -0.15) is 5.10 Å². The first-order valence-corrected chi connectivity index (χ1v) is 9.76. The first-order valence-electron chi connectivity index (χ1n) is 8.88. The smallest absolute Gasteiger partial charge is 0.237 e. The van der Waals surface area contributed by atoms with E-state index in [4.69, 9.17) is 0 Å². The van der Waals surface area contributed by atoms with E-state index >= 15 is 0 Å². The molecule has 7 nitrogen and oxygen atoms in total. The normalized spacial score (nSPS) is 12.2. The Kier molecular flexibility index (Phi) is 5.65. The van der Waals surface area contributed by atoms with Crippen molar-refractivity contribution in [3.63, 3.8) is 0 Å². The number of amides is 1. The number of aromatic nitrogens is 5. The molecule has 0 saturated carbocycles. The van der Waals surface area contributed by atoms with Crippen LogP contribution < -0.4 is 5.32 Å². The van der Waals surface area contributed by atoms with E-state index in [2.05, 4.69) is 44.7 Å². The Balaban J connectivity index is 1.66. The second-order valence-electron chi connectivity index (χ2n) is 6.44. The molecule has 0 unspecified atom stereocenters. The topological polar surface area (TPSA) is 88.5 Å². The molecule has 0 aliphatic heterocycles. The molecule has 2 N–H and O–H groups in total. The van der Waals surface area contributed by atoms with Crippen LogP contribution in [-0.4, -0.2) is 36.1 Å². The van der Waals surface area contributed by atoms with Crippen LogP contribution in [0.4, 0.5) is 5.69 Å². The predicted octanol–water partition coefficient (Wildman–Crippen LogP) is 3.50. The molecule has 1 atom stereocenters. The van der Waals surface area contributed by atoms with Gasteiger partial charge < -0.3 is 5.32 Å². The number of nitrogens with one attached hydrogen (secondary N) is 2. The maximum atomic E-state index is 12.5. The SMILES string of the molecule is CCc1ccc(-c2nc(S[C@@H](C)C(=O)Nc3c(C)nn(C)c3C)n[nH]2)cc1. The molecule has 1 amide bonds. The van der Waals surface area contributed by atoms with Crippen LogP contribution in [-0.2, 0) is 18.3 Å². The van der Waals surface area contributed by atoms with E-state index in [0.717, 1.165) is 29.1 Å². The molecule has 0 aliphatic rings. The number of hydrogen-bond acceptors (Lipinski definition) is 5. The van der Waals surface area contributed by atoms with Crippen LogP contribution in [0.15, 0.2) is 29.4 Å². The van der Waals surface area contributed by atoms with E-state index in [1.54, 1.807) is 4.68 Å². The van der Waals surface area contributed by atoms with Crippen LogP contribution in [0.25, 0.3) is 11.4 Å². The van der Waals surface area contributed by atoms with Crippen molar-refractivity contribution in [1.82, 2.24) is 25.0 Å². The summed E-state index contributed by atoms with van der Waals surface area (Å²) in [5, 5.41) is 14.7. The first-order chi connectivity index (χ1) is 12.9. The number of aryl methyl sites for hydroxylation is 3. The van der Waals surface area contributed by atoms with Crippen LogP contribution >= 0.6 is 11.8 Å². The van der Waals surface area contributed by atoms with Gasteiger partial charge in [0.05, 0.1) is 22.3 Å². The highest BCUT2D eigenvalue weighted by Gasteiger charge is 2.20. The summed E-state index contributed by atoms with van der Waals surface area (Å²) < 4.78 is 1.76. The number of rotatable bonds is 6. The van der Waals surface area contributed by atoms with Crippen molar-refractivity contribution < 1.29 is 4.79 Å². The van der Waals surface area contributed by atoms with Crippen molar-refractivity contribution in [2.75, 3.05) is 5.32 Å². The third-order valence-electron chi connectivity index (χ3n) is 4.51. The monoisotopic (exact) mass is 384 g/mol. The van der Waals surface area contributed by atoms with Crippen LogP contribution in [0, 0.1) is 13.8 Å². The minimum absolute atomic E-state index is 0.0992. The fraction of sp³-hybridized carbons (Fsp3) is 0.368. The molecule has 0 spiro atoms. The molecule has 3 aromatic rings. The van der Waals surface area contributed by atoms with Crippen molar-refractivity contribution in [3.8, 4) is 11.4 Å². The number of hydrogen-bond donors (Lipinski definition) is 2. The third-order valence-corrected chi connectivity index (χ3v) is 5.47. The highest BCUT2D eigenvalue weighted by Crippen LogP contribution is 2.25. The van der Waals surface area contributed by atoms with Crippen molar-refractivity contribution in [3.05, 3.63) is 41.2 Å².